The van der Waals surface area contributed by atoms with Crippen LogP contribution in [-0.4, -0.2) is 42.6 Å². The zero-order valence-electron chi connectivity index (χ0n) is 7.35. The van der Waals surface area contributed by atoms with E-state index >= 15 is 0 Å². The minimum atomic E-state index is 0.865. The van der Waals surface area contributed by atoms with Gasteiger partial charge in [0.2, 0.25) is 6.41 Å². The highest BCUT2D eigenvalue weighted by Crippen LogP contribution is 1.84. The zero-order valence-corrected chi connectivity index (χ0v) is 7.35. The first-order chi connectivity index (χ1) is 6.43. The molecule has 0 aromatic carbocycles. The van der Waals surface area contributed by atoms with Gasteiger partial charge in [0.05, 0.1) is 6.20 Å². The van der Waals surface area contributed by atoms with Crippen LogP contribution in [-0.2, 0) is 4.79 Å². The average molecular weight is 183 g/mol. The molecule has 72 valence electrons. The van der Waals surface area contributed by atoms with Crippen molar-refractivity contribution in [2.24, 2.45) is 0 Å². The van der Waals surface area contributed by atoms with E-state index in [1.165, 1.54) is 6.26 Å². The van der Waals surface area contributed by atoms with E-state index in [4.69, 9.17) is 0 Å². The van der Waals surface area contributed by atoms with E-state index in [1.54, 1.807) is 17.2 Å². The Morgan fingerprint density at radius 3 is 2.54 bits per heavy atom. The van der Waals surface area contributed by atoms with Crippen molar-refractivity contribution in [1.82, 2.24) is 15.4 Å². The Kier molecular flexibility index (Phi) is 4.63. The highest BCUT2D eigenvalue weighted by Gasteiger charge is 2.04. The Bertz CT molecular complexity index is 190. The smallest absolute Gasteiger partial charge is 0.209 e. The predicted molar refractivity (Wildman–Crippen MR) is 47.0 cm³/mol. The molecule has 1 saturated heterocycles. The number of piperazine rings is 1. The highest BCUT2D eigenvalue weighted by molar-refractivity contribution is 5.47. The van der Waals surface area contributed by atoms with Gasteiger partial charge in [-0.2, -0.15) is 0 Å². The summed E-state index contributed by atoms with van der Waals surface area (Å²) < 4.78 is 4.33. The maximum Gasteiger partial charge on any atom is 0.209 e. The maximum atomic E-state index is 10.1. The molecule has 1 aliphatic rings. The van der Waals surface area contributed by atoms with Crippen molar-refractivity contribution in [2.75, 3.05) is 26.2 Å². The van der Waals surface area contributed by atoms with E-state index in [9.17, 15) is 4.79 Å². The molecular formula is C8H13N3O2. The molecule has 1 aliphatic heterocycles. The first-order valence-corrected chi connectivity index (χ1v) is 4.18. The lowest BCUT2D eigenvalue weighted by atomic mass is 10.4. The van der Waals surface area contributed by atoms with Crippen molar-refractivity contribution in [3.05, 3.63) is 18.5 Å². The highest BCUT2D eigenvalue weighted by atomic mass is 16.5. The Morgan fingerprint density at radius 1 is 1.46 bits per heavy atom. The van der Waals surface area contributed by atoms with Crippen LogP contribution in [0.4, 0.5) is 0 Å². The molecule has 0 atom stereocenters. The lowest BCUT2D eigenvalue weighted by Gasteiger charge is -2.22. The summed E-state index contributed by atoms with van der Waals surface area (Å²) in [5.74, 6) is 0. The number of aromatic nitrogens is 1. The molecule has 2 rings (SSSR count). The molecule has 5 nitrogen and oxygen atoms in total. The van der Waals surface area contributed by atoms with Crippen molar-refractivity contribution in [3.8, 4) is 0 Å². The lowest BCUT2D eigenvalue weighted by Crippen LogP contribution is -2.42. The third kappa shape index (κ3) is 4.27. The van der Waals surface area contributed by atoms with E-state index in [0.717, 1.165) is 32.6 Å². The molecule has 1 amide bonds. The zero-order chi connectivity index (χ0) is 9.36. The number of hydrogen-bond acceptors (Lipinski definition) is 4. The molecule has 0 spiro atoms. The molecule has 0 radical (unpaired) electrons. The van der Waals surface area contributed by atoms with E-state index < -0.39 is 0 Å². The van der Waals surface area contributed by atoms with Crippen LogP contribution in [0.1, 0.15) is 0 Å². The van der Waals surface area contributed by atoms with Gasteiger partial charge < -0.3 is 14.7 Å². The normalized spacial score (nSPS) is 15.8. The molecule has 0 unspecified atom stereocenters. The van der Waals surface area contributed by atoms with Crippen LogP contribution in [0.15, 0.2) is 23.0 Å². The summed E-state index contributed by atoms with van der Waals surface area (Å²) in [6.07, 6.45) is 4.00. The van der Waals surface area contributed by atoms with Crippen LogP contribution in [0.5, 0.6) is 0 Å². The van der Waals surface area contributed by atoms with Gasteiger partial charge in [0.15, 0.2) is 0 Å². The van der Waals surface area contributed by atoms with Gasteiger partial charge in [0.25, 0.3) is 0 Å². The number of carbonyl (C=O) groups excluding carboxylic acids is 1. The summed E-state index contributed by atoms with van der Waals surface area (Å²) in [6, 6.07) is 1.72. The topological polar surface area (TPSA) is 58.4 Å². The number of amides is 1. The molecular weight excluding hydrogens is 170 g/mol. The van der Waals surface area contributed by atoms with Gasteiger partial charge in [-0.25, -0.2) is 0 Å². The molecule has 2 heterocycles. The van der Waals surface area contributed by atoms with Crippen LogP contribution in [0.25, 0.3) is 0 Å². The number of hydrogen-bond donors (Lipinski definition) is 1. The quantitative estimate of drug-likeness (QED) is 0.608. The van der Waals surface area contributed by atoms with Crippen LogP contribution in [0.2, 0.25) is 0 Å². The maximum absolute atomic E-state index is 10.1. The number of carbonyl (C=O) groups is 1. The lowest BCUT2D eigenvalue weighted by molar-refractivity contribution is -0.118. The Labute approximate surface area is 76.7 Å². The second-order valence-corrected chi connectivity index (χ2v) is 2.58. The predicted octanol–water partition coefficient (Wildman–Crippen LogP) is -0.277. The number of nitrogens with zero attached hydrogens (tertiary/aromatic N) is 2. The molecule has 13 heavy (non-hydrogen) atoms. The molecule has 1 fully saturated rings. The summed E-state index contributed by atoms with van der Waals surface area (Å²) in [4.78, 5) is 11.8. The molecule has 1 aromatic rings. The Morgan fingerprint density at radius 2 is 2.23 bits per heavy atom. The fourth-order valence-electron chi connectivity index (χ4n) is 0.963. The number of rotatable bonds is 1. The van der Waals surface area contributed by atoms with Crippen LogP contribution >= 0.6 is 0 Å². The molecule has 1 aromatic heterocycles. The summed E-state index contributed by atoms with van der Waals surface area (Å²) in [7, 11) is 0. The van der Waals surface area contributed by atoms with Gasteiger partial charge in [0, 0.05) is 26.2 Å². The van der Waals surface area contributed by atoms with Gasteiger partial charge in [-0.05, 0) is 6.07 Å². The van der Waals surface area contributed by atoms with Crippen LogP contribution in [0, 0.1) is 0 Å². The van der Waals surface area contributed by atoms with E-state index in [2.05, 4.69) is 15.0 Å². The van der Waals surface area contributed by atoms with Gasteiger partial charge in [-0.1, -0.05) is 5.16 Å². The summed E-state index contributed by atoms with van der Waals surface area (Å²) in [6.45, 7) is 3.62. The van der Waals surface area contributed by atoms with Crippen LogP contribution < -0.4 is 5.32 Å². The second-order valence-electron chi connectivity index (χ2n) is 2.58. The minimum Gasteiger partial charge on any atom is -0.365 e. The Balaban J connectivity index is 0.000000145. The standard InChI is InChI=1S/C5H10N2O.C3H3NO/c8-5-7-3-1-6-2-4-7;1-2-4-5-3-1/h5-6H,1-4H2;1-3H. The van der Waals surface area contributed by atoms with Crippen molar-refractivity contribution < 1.29 is 9.32 Å². The van der Waals surface area contributed by atoms with Crippen molar-refractivity contribution in [2.45, 2.75) is 0 Å². The third-order valence-corrected chi connectivity index (χ3v) is 1.65. The number of nitrogens with one attached hydrogen (secondary N) is 1. The third-order valence-electron chi connectivity index (χ3n) is 1.65. The monoisotopic (exact) mass is 183 g/mol. The van der Waals surface area contributed by atoms with Gasteiger partial charge in [-0.15, -0.1) is 0 Å². The first-order valence-electron chi connectivity index (χ1n) is 4.18. The summed E-state index contributed by atoms with van der Waals surface area (Å²) in [5.41, 5.74) is 0. The van der Waals surface area contributed by atoms with Crippen LogP contribution in [0.3, 0.4) is 0 Å². The first kappa shape index (κ1) is 9.73. The SMILES string of the molecule is O=CN1CCNCC1.c1cnoc1. The summed E-state index contributed by atoms with van der Waals surface area (Å²) >= 11 is 0. The fraction of sp³-hybridized carbons (Fsp3) is 0.500. The van der Waals surface area contributed by atoms with E-state index in [0.29, 0.717) is 0 Å². The van der Waals surface area contributed by atoms with Crippen molar-refractivity contribution in [1.29, 1.82) is 0 Å². The summed E-state index contributed by atoms with van der Waals surface area (Å²) in [5, 5.41) is 6.50. The molecule has 0 bridgehead atoms. The largest absolute Gasteiger partial charge is 0.365 e. The Hall–Kier alpha value is -1.36. The minimum absolute atomic E-state index is 0.865. The van der Waals surface area contributed by atoms with Crippen molar-refractivity contribution in [3.63, 3.8) is 0 Å². The molecule has 5 heteroatoms. The van der Waals surface area contributed by atoms with Gasteiger partial charge in [-0.3, -0.25) is 4.79 Å². The van der Waals surface area contributed by atoms with E-state index in [-0.39, 0.29) is 0 Å². The van der Waals surface area contributed by atoms with Gasteiger partial charge in [0.1, 0.15) is 6.26 Å². The molecule has 0 saturated carbocycles. The molecule has 0 aliphatic carbocycles. The molecule has 1 N–H and O–H groups in total. The van der Waals surface area contributed by atoms with E-state index in [1.807, 2.05) is 0 Å². The fourth-order valence-corrected chi connectivity index (χ4v) is 0.963. The van der Waals surface area contributed by atoms with Gasteiger partial charge >= 0.3 is 0 Å². The van der Waals surface area contributed by atoms with Crippen molar-refractivity contribution >= 4 is 6.41 Å². The average Bonchev–Trinajstić information content (AvgIpc) is 2.77. The second kappa shape index (κ2) is 6.19.